The average molecular weight is 193 g/mol. The van der Waals surface area contributed by atoms with Crippen molar-refractivity contribution >= 4 is 49.5 Å². The van der Waals surface area contributed by atoms with Crippen molar-refractivity contribution in [3.8, 4) is 0 Å². The first-order valence-electron chi connectivity index (χ1n) is 0.894. The fraction of sp³-hybridized carbons (Fsp3) is 0. The van der Waals surface area contributed by atoms with Crippen LogP contribution in [0.15, 0.2) is 0 Å². The first kappa shape index (κ1) is 22.4. The van der Waals surface area contributed by atoms with Crippen LogP contribution in [-0.2, 0) is 0 Å². The summed E-state index contributed by atoms with van der Waals surface area (Å²) in [7, 11) is -4.61. The van der Waals surface area contributed by atoms with Crippen LogP contribution in [0.4, 0.5) is 0 Å². The van der Waals surface area contributed by atoms with Gasteiger partial charge in [0, 0.05) is 0 Å². The summed E-state index contributed by atoms with van der Waals surface area (Å²) in [6, 6.07) is 0. The first-order chi connectivity index (χ1) is 2.00. The van der Waals surface area contributed by atoms with Gasteiger partial charge in [-0.15, -0.1) is 0 Å². The van der Waals surface area contributed by atoms with Gasteiger partial charge in [0.2, 0.25) is 0 Å². The quantitative estimate of drug-likeness (QED) is 0.288. The molecule has 4 N–H and O–H groups in total. The predicted octanol–water partition coefficient (Wildman–Crippen LogP) is -6.83. The van der Waals surface area contributed by atoms with Gasteiger partial charge in [-0.1, -0.05) is 0 Å². The summed E-state index contributed by atoms with van der Waals surface area (Å²) in [5.41, 5.74) is 0. The molecule has 0 aromatic carbocycles. The van der Waals surface area contributed by atoms with Crippen LogP contribution in [0.2, 0.25) is 0 Å². The Morgan fingerprint density at radius 2 is 1.00 bits per heavy atom. The largest absolute Gasteiger partial charge is 2.00 e. The minimum absolute atomic E-state index is 0. The van der Waals surface area contributed by atoms with E-state index < -0.39 is 9.05 Å². The van der Waals surface area contributed by atoms with Gasteiger partial charge in [-0.3, -0.25) is 0 Å². The van der Waals surface area contributed by atoms with Crippen LogP contribution in [0.5, 0.6) is 0 Å². The number of hydrogen-bond acceptors (Lipinski definition) is 4. The Kier molecular flexibility index (Phi) is 28.0. The molecule has 8 heteroatoms. The van der Waals surface area contributed by atoms with E-state index in [4.69, 9.17) is 19.2 Å². The molecule has 0 atom stereocenters. The second-order valence-corrected chi connectivity index (χ2v) is 1.80. The fourth-order valence-electron chi connectivity index (χ4n) is 0. The molecule has 0 radical (unpaired) electrons. The Hall–Kier alpha value is 2.99. The third-order valence-corrected chi connectivity index (χ3v) is 0. The van der Waals surface area contributed by atoms with Crippen LogP contribution in [-0.4, -0.2) is 68.6 Å². The van der Waals surface area contributed by atoms with Gasteiger partial charge in [0.1, 0.15) is 0 Å². The van der Waals surface area contributed by atoms with E-state index >= 15 is 0 Å². The molecule has 0 saturated carbocycles. The van der Waals surface area contributed by atoms with Crippen molar-refractivity contribution in [1.82, 2.24) is 0 Å². The van der Waals surface area contributed by atoms with E-state index in [1.807, 2.05) is 0 Å². The Morgan fingerprint density at radius 3 is 1.00 bits per heavy atom. The summed E-state index contributed by atoms with van der Waals surface area (Å²) in [6.45, 7) is 0. The minimum atomic E-state index is -4.61. The molecular formula is H10AlKMgO4Si. The Morgan fingerprint density at radius 1 is 1.00 bits per heavy atom. The third-order valence-electron chi connectivity index (χ3n) is 0. The van der Waals surface area contributed by atoms with Gasteiger partial charge in [-0.05, 0) is 0 Å². The molecular weight excluding hydrogens is 182 g/mol. The first-order valence-corrected chi connectivity index (χ1v) is 2.68. The summed E-state index contributed by atoms with van der Waals surface area (Å²) < 4.78 is 0. The standard InChI is InChI=1S/Al.K.Mg.H4O4Si.6H/c;;;1-5(2,3)4;;;;;;/h;;;1-4H;;;;;;/q;+1;+2;;;;;3*-1. The van der Waals surface area contributed by atoms with Crippen LogP contribution in [0.3, 0.4) is 0 Å². The zero-order valence-electron chi connectivity index (χ0n) is 7.00. The molecule has 0 amide bonds. The molecule has 8 heavy (non-hydrogen) atoms. The van der Waals surface area contributed by atoms with Crippen molar-refractivity contribution in [3.05, 3.63) is 0 Å². The Bertz CT molecular complexity index is 40.8. The van der Waals surface area contributed by atoms with Gasteiger partial charge < -0.3 is 23.5 Å². The van der Waals surface area contributed by atoms with E-state index in [1.54, 1.807) is 0 Å². The van der Waals surface area contributed by atoms with Crippen molar-refractivity contribution in [2.45, 2.75) is 0 Å². The van der Waals surface area contributed by atoms with Crippen LogP contribution in [0, 0.1) is 0 Å². The molecule has 0 heterocycles. The van der Waals surface area contributed by atoms with Gasteiger partial charge in [0.05, 0.1) is 0 Å². The van der Waals surface area contributed by atoms with E-state index in [-0.39, 0.29) is 96.1 Å². The van der Waals surface area contributed by atoms with Gasteiger partial charge in [-0.25, -0.2) is 0 Å². The molecule has 0 unspecified atom stereocenters. The maximum atomic E-state index is 7.33. The van der Waals surface area contributed by atoms with Crippen molar-refractivity contribution < 1.29 is 74.8 Å². The van der Waals surface area contributed by atoms with Gasteiger partial charge in [-0.2, -0.15) is 0 Å². The third kappa shape index (κ3) is 64.2. The van der Waals surface area contributed by atoms with Crippen LogP contribution in [0.1, 0.15) is 4.28 Å². The zero-order valence-corrected chi connectivity index (χ0v) is 9.53. The van der Waals surface area contributed by atoms with Crippen LogP contribution in [0.25, 0.3) is 0 Å². The van der Waals surface area contributed by atoms with E-state index in [9.17, 15) is 0 Å². The number of hydrogen-bond donors (Lipinski definition) is 4. The molecule has 0 aromatic heterocycles. The van der Waals surface area contributed by atoms with Gasteiger partial charge in [0.15, 0.2) is 17.4 Å². The topological polar surface area (TPSA) is 80.9 Å². The van der Waals surface area contributed by atoms with E-state index in [2.05, 4.69) is 0 Å². The van der Waals surface area contributed by atoms with Crippen LogP contribution >= 0.6 is 0 Å². The zero-order chi connectivity index (χ0) is 4.50. The molecule has 0 aromatic rings. The van der Waals surface area contributed by atoms with E-state index in [1.165, 1.54) is 0 Å². The van der Waals surface area contributed by atoms with E-state index in [0.29, 0.717) is 0 Å². The maximum absolute atomic E-state index is 7.33. The van der Waals surface area contributed by atoms with Crippen molar-refractivity contribution in [2.75, 3.05) is 0 Å². The molecule has 0 aliphatic heterocycles. The molecule has 0 fully saturated rings. The SMILES string of the molecule is O[Si](O)(O)O.[AlH3].[H-].[H-].[H-].[K+].[Mg+2]. The van der Waals surface area contributed by atoms with Crippen molar-refractivity contribution in [1.29, 1.82) is 0 Å². The molecule has 0 aliphatic rings. The Labute approximate surface area is 122 Å². The van der Waals surface area contributed by atoms with Gasteiger partial charge in [0.25, 0.3) is 0 Å². The average Bonchev–Trinajstić information content (AvgIpc) is 0.722. The molecule has 0 spiro atoms. The summed E-state index contributed by atoms with van der Waals surface area (Å²) >= 11 is 0. The van der Waals surface area contributed by atoms with Crippen molar-refractivity contribution in [2.24, 2.45) is 0 Å². The summed E-state index contributed by atoms with van der Waals surface area (Å²) in [5, 5.41) is 0. The predicted molar refractivity (Wildman–Crippen MR) is 33.7 cm³/mol. The molecule has 0 saturated heterocycles. The smallest absolute Gasteiger partial charge is 1.00 e. The van der Waals surface area contributed by atoms with Gasteiger partial charge >= 0.3 is 83.5 Å². The van der Waals surface area contributed by atoms with E-state index in [0.717, 1.165) is 0 Å². The summed E-state index contributed by atoms with van der Waals surface area (Å²) in [6.07, 6.45) is 0. The molecule has 44 valence electrons. The van der Waals surface area contributed by atoms with Crippen LogP contribution < -0.4 is 51.4 Å². The Balaban J connectivity index is -0.00000000533. The summed E-state index contributed by atoms with van der Waals surface area (Å²) in [4.78, 5) is 29.3. The number of rotatable bonds is 0. The normalized spacial score (nSPS) is 7.50. The maximum Gasteiger partial charge on any atom is 2.00 e. The summed E-state index contributed by atoms with van der Waals surface area (Å²) in [5.74, 6) is 0. The molecule has 0 bridgehead atoms. The molecule has 0 rings (SSSR count). The fourth-order valence-corrected chi connectivity index (χ4v) is 0. The van der Waals surface area contributed by atoms with Crippen molar-refractivity contribution in [3.63, 3.8) is 0 Å². The molecule has 4 nitrogen and oxygen atoms in total. The second-order valence-electron chi connectivity index (χ2n) is 0.600. The minimum Gasteiger partial charge on any atom is -1.00 e. The molecule has 0 aliphatic carbocycles. The monoisotopic (exact) mass is 192 g/mol. The second kappa shape index (κ2) is 9.99.